The third-order valence-corrected chi connectivity index (χ3v) is 12.8. The molecule has 0 atom stereocenters. The number of para-hydroxylation sites is 3. The van der Waals surface area contributed by atoms with Crippen LogP contribution in [0, 0.1) is 12.3 Å². The van der Waals surface area contributed by atoms with Crippen LogP contribution in [0.1, 0.15) is 16.7 Å². The maximum atomic E-state index is 9.06. The van der Waals surface area contributed by atoms with Crippen molar-refractivity contribution >= 4 is 60.1 Å². The summed E-state index contributed by atoms with van der Waals surface area (Å²) in [5, 5.41) is 16.4. The highest BCUT2D eigenvalue weighted by Gasteiger charge is 2.26. The molecule has 1 aliphatic rings. The maximum absolute atomic E-state index is 9.06. The van der Waals surface area contributed by atoms with E-state index in [4.69, 9.17) is 5.41 Å². The van der Waals surface area contributed by atoms with Crippen molar-refractivity contribution in [2.45, 2.75) is 6.92 Å². The van der Waals surface area contributed by atoms with Crippen LogP contribution in [0.5, 0.6) is 0 Å². The van der Waals surface area contributed by atoms with Crippen LogP contribution in [0.4, 0.5) is 0 Å². The fraction of sp³-hybridized carbons (Fsp3) is 0.0167. The van der Waals surface area contributed by atoms with Gasteiger partial charge in [-0.05, 0) is 118 Å². The molecule has 3 nitrogen and oxygen atoms in total. The van der Waals surface area contributed by atoms with Crippen molar-refractivity contribution in [2.75, 3.05) is 0 Å². The number of aryl methyl sites for hydroxylation is 1. The molecule has 2 aromatic heterocycles. The van der Waals surface area contributed by atoms with E-state index in [1.54, 1.807) is 0 Å². The van der Waals surface area contributed by atoms with Gasteiger partial charge in [0.25, 0.3) is 0 Å². The van der Waals surface area contributed by atoms with Crippen molar-refractivity contribution in [3.8, 4) is 44.8 Å². The van der Waals surface area contributed by atoms with E-state index >= 15 is 0 Å². The Kier molecular flexibility index (Phi) is 8.55. The molecule has 0 saturated carbocycles. The average Bonchev–Trinajstić information content (AvgIpc) is 3.96. The van der Waals surface area contributed by atoms with Gasteiger partial charge in [-0.2, -0.15) is 0 Å². The van der Waals surface area contributed by atoms with E-state index in [9.17, 15) is 0 Å². The van der Waals surface area contributed by atoms with Gasteiger partial charge in [0, 0.05) is 44.0 Å². The zero-order valence-electron chi connectivity index (χ0n) is 34.8. The second kappa shape index (κ2) is 14.7. The highest BCUT2D eigenvalue weighted by Crippen LogP contribution is 2.43. The van der Waals surface area contributed by atoms with Crippen LogP contribution in [0.2, 0.25) is 0 Å². The van der Waals surface area contributed by atoms with Gasteiger partial charge >= 0.3 is 0 Å². The van der Waals surface area contributed by atoms with Gasteiger partial charge in [-0.25, -0.2) is 0 Å². The van der Waals surface area contributed by atoms with Gasteiger partial charge in [-0.3, -0.25) is 5.41 Å². The summed E-state index contributed by atoms with van der Waals surface area (Å²) in [5.74, 6) is 0. The van der Waals surface area contributed by atoms with Gasteiger partial charge in [0.1, 0.15) is 0 Å². The van der Waals surface area contributed by atoms with Crippen LogP contribution in [0.25, 0.3) is 99.1 Å². The third kappa shape index (κ3) is 6.01. The van der Waals surface area contributed by atoms with Crippen molar-refractivity contribution in [3.63, 3.8) is 0 Å². The van der Waals surface area contributed by atoms with Gasteiger partial charge in [0.15, 0.2) is 0 Å². The molecule has 2 heterocycles. The van der Waals surface area contributed by atoms with Crippen LogP contribution >= 0.6 is 0 Å². The summed E-state index contributed by atoms with van der Waals surface area (Å²) < 4.78 is 4.77. The maximum Gasteiger partial charge on any atom is 0.0703 e. The molecule has 0 saturated heterocycles. The molecule has 63 heavy (non-hydrogen) atoms. The first-order valence-electron chi connectivity index (χ1n) is 21.6. The molecule has 0 amide bonds. The lowest BCUT2D eigenvalue weighted by molar-refractivity contribution is 1.18. The van der Waals surface area contributed by atoms with Crippen LogP contribution in [0.3, 0.4) is 0 Å². The lowest BCUT2D eigenvalue weighted by Gasteiger charge is -2.12. The Morgan fingerprint density at radius 2 is 0.810 bits per heavy atom. The number of benzene rings is 10. The van der Waals surface area contributed by atoms with E-state index in [2.05, 4.69) is 216 Å². The highest BCUT2D eigenvalue weighted by atomic mass is 15.0. The first-order chi connectivity index (χ1) is 31.1. The minimum Gasteiger partial charge on any atom is -0.309 e. The molecule has 296 valence electrons. The van der Waals surface area contributed by atoms with Crippen molar-refractivity contribution in [1.82, 2.24) is 9.13 Å². The quantitative estimate of drug-likeness (QED) is 0.184. The lowest BCUT2D eigenvalue weighted by atomic mass is 9.93. The fourth-order valence-electron chi connectivity index (χ4n) is 9.87. The van der Waals surface area contributed by atoms with Gasteiger partial charge in [-0.15, -0.1) is 0 Å². The Bertz CT molecular complexity index is 3760. The summed E-state index contributed by atoms with van der Waals surface area (Å²) >= 11 is 0. The standard InChI is InChI=1S/C53H33N3.C7H8/c54-53-45-16-5-4-13-41(45)44-18-10-17-40(52(44)53)37-22-21-34-30-39(26-23-33(34)29-37)56-49-20-9-7-15-43(49)47-32-36(25-28-51(47)56)35-24-27-50-46(31-35)42-14-6-8-19-48(42)55(50)38-11-2-1-3-12-38;1-7-5-3-2-4-6-7/h1-32,54H;2-6H,1H3. The SMILES string of the molecule is Cc1ccccc1.N=C1c2ccccc2-c2cccc(-c3ccc4cc(-n5c6ccccc6c6cc(-c7ccc8c(c7)c7ccccc7n8-c7ccccc7)ccc65)ccc4c3)c21. The van der Waals surface area contributed by atoms with E-state index in [-0.39, 0.29) is 0 Å². The van der Waals surface area contributed by atoms with Crippen molar-refractivity contribution in [3.05, 3.63) is 241 Å². The number of hydrogen-bond acceptors (Lipinski definition) is 1. The van der Waals surface area contributed by atoms with Crippen LogP contribution in [0.15, 0.2) is 224 Å². The van der Waals surface area contributed by atoms with Gasteiger partial charge in [-0.1, -0.05) is 163 Å². The molecule has 0 spiro atoms. The second-order valence-electron chi connectivity index (χ2n) is 16.6. The van der Waals surface area contributed by atoms with E-state index in [0.29, 0.717) is 5.71 Å². The van der Waals surface area contributed by atoms with E-state index in [1.807, 2.05) is 24.3 Å². The Hall–Kier alpha value is -8.27. The number of hydrogen-bond donors (Lipinski definition) is 1. The van der Waals surface area contributed by atoms with Crippen molar-refractivity contribution in [2.24, 2.45) is 0 Å². The predicted molar refractivity (Wildman–Crippen MR) is 266 cm³/mol. The molecule has 10 aromatic carbocycles. The largest absolute Gasteiger partial charge is 0.309 e. The average molecular weight is 804 g/mol. The zero-order chi connectivity index (χ0) is 42.0. The first kappa shape index (κ1) is 36.6. The summed E-state index contributed by atoms with van der Waals surface area (Å²) in [6.07, 6.45) is 0. The Morgan fingerprint density at radius 3 is 1.46 bits per heavy atom. The minimum atomic E-state index is 0.604. The minimum absolute atomic E-state index is 0.604. The molecule has 1 aliphatic carbocycles. The molecule has 0 fully saturated rings. The number of nitrogens with zero attached hydrogens (tertiary/aromatic N) is 2. The van der Waals surface area contributed by atoms with Gasteiger partial charge in [0.2, 0.25) is 0 Å². The lowest BCUT2D eigenvalue weighted by Crippen LogP contribution is -1.98. The molecule has 0 bridgehead atoms. The molecule has 0 radical (unpaired) electrons. The molecule has 13 rings (SSSR count). The number of rotatable bonds is 4. The molecule has 1 N–H and O–H groups in total. The van der Waals surface area contributed by atoms with Gasteiger partial charge < -0.3 is 9.13 Å². The summed E-state index contributed by atoms with van der Waals surface area (Å²) in [7, 11) is 0. The normalized spacial score (nSPS) is 11.9. The monoisotopic (exact) mass is 803 g/mol. The van der Waals surface area contributed by atoms with Crippen LogP contribution in [-0.2, 0) is 0 Å². The van der Waals surface area contributed by atoms with E-state index < -0.39 is 0 Å². The fourth-order valence-corrected chi connectivity index (χ4v) is 9.87. The second-order valence-corrected chi connectivity index (χ2v) is 16.6. The van der Waals surface area contributed by atoms with E-state index in [0.717, 1.165) is 39.1 Å². The summed E-state index contributed by atoms with van der Waals surface area (Å²) in [4.78, 5) is 0. The molecule has 12 aromatic rings. The summed E-state index contributed by atoms with van der Waals surface area (Å²) in [6.45, 7) is 2.08. The predicted octanol–water partition coefficient (Wildman–Crippen LogP) is 15.8. The molecular formula is C60H41N3. The Balaban J connectivity index is 0.000000552. The number of fused-ring (bicyclic) bond motifs is 10. The Labute approximate surface area is 365 Å². The highest BCUT2D eigenvalue weighted by molar-refractivity contribution is 6.26. The molecule has 0 aliphatic heterocycles. The van der Waals surface area contributed by atoms with Crippen LogP contribution in [-0.4, -0.2) is 14.8 Å². The van der Waals surface area contributed by atoms with E-state index in [1.165, 1.54) is 76.8 Å². The summed E-state index contributed by atoms with van der Waals surface area (Å²) in [5.41, 5.74) is 18.0. The summed E-state index contributed by atoms with van der Waals surface area (Å²) in [6, 6.07) is 80.4. The topological polar surface area (TPSA) is 33.7 Å². The number of nitrogens with one attached hydrogen (secondary N) is 1. The smallest absolute Gasteiger partial charge is 0.0703 e. The molecule has 3 heteroatoms. The van der Waals surface area contributed by atoms with Crippen LogP contribution < -0.4 is 0 Å². The van der Waals surface area contributed by atoms with Crippen molar-refractivity contribution < 1.29 is 0 Å². The molecular weight excluding hydrogens is 763 g/mol. The number of aromatic nitrogens is 2. The van der Waals surface area contributed by atoms with Gasteiger partial charge in [0.05, 0.1) is 27.8 Å². The third-order valence-electron chi connectivity index (χ3n) is 12.8. The zero-order valence-corrected chi connectivity index (χ0v) is 34.8. The first-order valence-corrected chi connectivity index (χ1v) is 21.6. The molecule has 0 unspecified atom stereocenters. The van der Waals surface area contributed by atoms with Crippen molar-refractivity contribution in [1.29, 1.82) is 5.41 Å². The Morgan fingerprint density at radius 1 is 0.317 bits per heavy atom.